The van der Waals surface area contributed by atoms with Crippen molar-refractivity contribution in [2.75, 3.05) is 13.1 Å². The molecule has 0 radical (unpaired) electrons. The first-order chi connectivity index (χ1) is 16.7. The van der Waals surface area contributed by atoms with Crippen LogP contribution in [0.25, 0.3) is 0 Å². The molecule has 36 heavy (non-hydrogen) atoms. The number of hydrogen-bond acceptors (Lipinski definition) is 6. The Kier molecular flexibility index (Phi) is 9.87. The first kappa shape index (κ1) is 29.1. The molecule has 2 aliphatic heterocycles. The minimum absolute atomic E-state index is 0.682. The molecule has 2 fully saturated rings. The average molecular weight is 525 g/mol. The molecule has 2 saturated heterocycles. The van der Waals surface area contributed by atoms with Gasteiger partial charge in [0.05, 0.1) is 6.54 Å². The van der Waals surface area contributed by atoms with Gasteiger partial charge in [-0.3, -0.25) is 14.8 Å². The monoisotopic (exact) mass is 525 g/mol. The highest BCUT2D eigenvalue weighted by molar-refractivity contribution is 5.73. The van der Waals surface area contributed by atoms with Crippen LogP contribution in [0.3, 0.4) is 0 Å². The minimum atomic E-state index is -5.08. The van der Waals surface area contributed by atoms with E-state index in [0.717, 1.165) is 24.6 Å². The van der Waals surface area contributed by atoms with Crippen LogP contribution in [0.5, 0.6) is 0 Å². The van der Waals surface area contributed by atoms with Crippen LogP contribution in [0.1, 0.15) is 29.9 Å². The number of aliphatic carboxylic acids is 2. The number of aromatic nitrogens is 1. The standard InChI is InChI=1S/C18H23N3O.2C2HF3O2/c1-14-4-5-16(22-14)13-21-10-7-17-18(21)6-9-20(17)12-15-3-2-8-19-11-15;2*3-2(4,5)1(6)7/h2-5,8,11,17-18H,6-7,9-10,12-13H2,1H3;2*(H,6,7)/t17-,18+;;/m1../s1. The third-order valence-electron chi connectivity index (χ3n) is 5.55. The van der Waals surface area contributed by atoms with Crippen molar-refractivity contribution in [1.82, 2.24) is 14.8 Å². The van der Waals surface area contributed by atoms with E-state index in [0.29, 0.717) is 12.1 Å². The van der Waals surface area contributed by atoms with E-state index in [-0.39, 0.29) is 0 Å². The summed E-state index contributed by atoms with van der Waals surface area (Å²) in [5.74, 6) is -3.40. The predicted octanol–water partition coefficient (Wildman–Crippen LogP) is 4.10. The van der Waals surface area contributed by atoms with Gasteiger partial charge in [-0.05, 0) is 43.5 Å². The van der Waals surface area contributed by atoms with Crippen LogP contribution in [-0.4, -0.2) is 74.5 Å². The lowest BCUT2D eigenvalue weighted by Gasteiger charge is -2.25. The van der Waals surface area contributed by atoms with Crippen LogP contribution in [0.4, 0.5) is 26.3 Å². The quantitative estimate of drug-likeness (QED) is 0.575. The van der Waals surface area contributed by atoms with Crippen molar-refractivity contribution in [3.63, 3.8) is 0 Å². The summed E-state index contributed by atoms with van der Waals surface area (Å²) < 4.78 is 69.2. The highest BCUT2D eigenvalue weighted by Gasteiger charge is 2.42. The molecule has 2 aliphatic rings. The molecule has 8 nitrogen and oxygen atoms in total. The maximum Gasteiger partial charge on any atom is 0.490 e. The van der Waals surface area contributed by atoms with E-state index in [4.69, 9.17) is 24.2 Å². The van der Waals surface area contributed by atoms with Crippen LogP contribution in [0.2, 0.25) is 0 Å². The Morgan fingerprint density at radius 2 is 1.44 bits per heavy atom. The number of halogens is 6. The molecule has 4 rings (SSSR count). The smallest absolute Gasteiger partial charge is 0.475 e. The van der Waals surface area contributed by atoms with Crippen LogP contribution >= 0.6 is 0 Å². The molecule has 0 amide bonds. The third kappa shape index (κ3) is 8.82. The fourth-order valence-corrected chi connectivity index (χ4v) is 4.05. The maximum absolute atomic E-state index is 10.6. The second-order valence-corrected chi connectivity index (χ2v) is 8.13. The molecule has 0 unspecified atom stereocenters. The van der Waals surface area contributed by atoms with Crippen molar-refractivity contribution in [1.29, 1.82) is 0 Å². The number of carbonyl (C=O) groups is 2. The number of furan rings is 1. The van der Waals surface area contributed by atoms with Crippen LogP contribution < -0.4 is 0 Å². The normalized spacial score (nSPS) is 20.1. The first-order valence-corrected chi connectivity index (χ1v) is 10.7. The Hall–Kier alpha value is -3.13. The molecule has 0 aromatic carbocycles. The number of alkyl halides is 6. The van der Waals surface area contributed by atoms with E-state index in [1.165, 1.54) is 31.5 Å². The summed E-state index contributed by atoms with van der Waals surface area (Å²) in [6.45, 7) is 6.37. The predicted molar refractivity (Wildman–Crippen MR) is 113 cm³/mol. The minimum Gasteiger partial charge on any atom is -0.475 e. The zero-order chi connectivity index (χ0) is 27.1. The van der Waals surface area contributed by atoms with Gasteiger partial charge >= 0.3 is 24.3 Å². The lowest BCUT2D eigenvalue weighted by molar-refractivity contribution is -0.193. The zero-order valence-electron chi connectivity index (χ0n) is 19.1. The maximum atomic E-state index is 10.6. The van der Waals surface area contributed by atoms with Crippen molar-refractivity contribution in [2.45, 2.75) is 57.3 Å². The molecule has 2 atom stereocenters. The number of carboxylic acids is 2. The van der Waals surface area contributed by atoms with Crippen molar-refractivity contribution in [3.05, 3.63) is 53.7 Å². The Morgan fingerprint density at radius 3 is 1.83 bits per heavy atom. The van der Waals surface area contributed by atoms with Gasteiger partial charge in [0.1, 0.15) is 11.5 Å². The molecule has 2 N–H and O–H groups in total. The molecule has 4 heterocycles. The van der Waals surface area contributed by atoms with Gasteiger partial charge in [-0.1, -0.05) is 6.07 Å². The second-order valence-electron chi connectivity index (χ2n) is 8.13. The highest BCUT2D eigenvalue weighted by Crippen LogP contribution is 2.33. The largest absolute Gasteiger partial charge is 0.490 e. The average Bonchev–Trinajstić information content (AvgIpc) is 3.47. The van der Waals surface area contributed by atoms with E-state index < -0.39 is 24.3 Å². The summed E-state index contributed by atoms with van der Waals surface area (Å²) >= 11 is 0. The lowest BCUT2D eigenvalue weighted by Crippen LogP contribution is -2.35. The van der Waals surface area contributed by atoms with E-state index >= 15 is 0 Å². The summed E-state index contributed by atoms with van der Waals surface area (Å²) in [4.78, 5) is 27.3. The van der Waals surface area contributed by atoms with Crippen LogP contribution in [0.15, 0.2) is 41.1 Å². The van der Waals surface area contributed by atoms with Gasteiger partial charge in [-0.25, -0.2) is 9.59 Å². The van der Waals surface area contributed by atoms with Crippen molar-refractivity contribution >= 4 is 11.9 Å². The van der Waals surface area contributed by atoms with Gasteiger partial charge in [-0.15, -0.1) is 0 Å². The summed E-state index contributed by atoms with van der Waals surface area (Å²) in [7, 11) is 0. The SMILES string of the molecule is Cc1ccc(CN2CC[C@@H]3[C@@H]2CCN3Cc2cccnc2)o1.O=C(O)C(F)(F)F.O=C(O)C(F)(F)F. The lowest BCUT2D eigenvalue weighted by atomic mass is 10.1. The van der Waals surface area contributed by atoms with Gasteiger partial charge in [0.25, 0.3) is 0 Å². The highest BCUT2D eigenvalue weighted by atomic mass is 19.4. The van der Waals surface area contributed by atoms with Crippen molar-refractivity contribution < 1.29 is 50.6 Å². The summed E-state index contributed by atoms with van der Waals surface area (Å²) in [5, 5.41) is 14.2. The molecule has 0 aliphatic carbocycles. The number of likely N-dealkylation sites (tertiary alicyclic amines) is 2. The molecule has 14 heteroatoms. The van der Waals surface area contributed by atoms with Gasteiger partial charge in [-0.2, -0.15) is 26.3 Å². The van der Waals surface area contributed by atoms with Gasteiger partial charge < -0.3 is 14.6 Å². The summed E-state index contributed by atoms with van der Waals surface area (Å²) in [5.41, 5.74) is 1.32. The fourth-order valence-electron chi connectivity index (χ4n) is 4.05. The van der Waals surface area contributed by atoms with Gasteiger partial charge in [0.15, 0.2) is 0 Å². The molecular formula is C22H25F6N3O5. The fraction of sp³-hybridized carbons (Fsp3) is 0.500. The number of rotatable bonds is 4. The second kappa shape index (κ2) is 12.2. The Bertz CT molecular complexity index is 972. The Labute approximate surface area is 202 Å². The van der Waals surface area contributed by atoms with Gasteiger partial charge in [0.2, 0.25) is 0 Å². The molecule has 2 aromatic rings. The van der Waals surface area contributed by atoms with E-state index in [1.807, 2.05) is 25.4 Å². The summed E-state index contributed by atoms with van der Waals surface area (Å²) in [6.07, 6.45) is -3.79. The summed E-state index contributed by atoms with van der Waals surface area (Å²) in [6, 6.07) is 9.76. The van der Waals surface area contributed by atoms with Crippen molar-refractivity contribution in [3.8, 4) is 0 Å². The molecule has 0 saturated carbocycles. The van der Waals surface area contributed by atoms with E-state index in [9.17, 15) is 26.3 Å². The number of nitrogens with zero attached hydrogens (tertiary/aromatic N) is 3. The first-order valence-electron chi connectivity index (χ1n) is 10.7. The topological polar surface area (TPSA) is 107 Å². The van der Waals surface area contributed by atoms with E-state index in [1.54, 1.807) is 0 Å². The van der Waals surface area contributed by atoms with Crippen LogP contribution in [-0.2, 0) is 22.7 Å². The molecule has 200 valence electrons. The molecule has 0 spiro atoms. The third-order valence-corrected chi connectivity index (χ3v) is 5.55. The van der Waals surface area contributed by atoms with Crippen LogP contribution in [0, 0.1) is 6.92 Å². The number of aryl methyl sites for hydroxylation is 1. The number of fused-ring (bicyclic) bond motifs is 1. The van der Waals surface area contributed by atoms with Gasteiger partial charge in [0, 0.05) is 44.1 Å². The molecule has 0 bridgehead atoms. The number of hydrogen-bond donors (Lipinski definition) is 2. The van der Waals surface area contributed by atoms with E-state index in [2.05, 4.69) is 33.0 Å². The Balaban J connectivity index is 0.000000271. The number of pyridine rings is 1. The zero-order valence-corrected chi connectivity index (χ0v) is 19.1. The van der Waals surface area contributed by atoms with Crippen molar-refractivity contribution in [2.24, 2.45) is 0 Å². The molecule has 2 aromatic heterocycles. The molecular weight excluding hydrogens is 500 g/mol. The Morgan fingerprint density at radius 1 is 0.944 bits per heavy atom. The number of carboxylic acid groups (broad SMARTS) is 2.